The topological polar surface area (TPSA) is 110 Å². The molecule has 40 heavy (non-hydrogen) atoms. The number of nitrogens with two attached hydrogens (primary N) is 1. The smallest absolute Gasteiger partial charge is 0.378 e. The average Bonchev–Trinajstić information content (AvgIpc) is 3.16. The lowest BCUT2D eigenvalue weighted by Crippen LogP contribution is -2.37. The number of rotatable bonds is 6. The maximum absolute atomic E-state index is 13.7. The van der Waals surface area contributed by atoms with Crippen LogP contribution in [0.15, 0.2) is 42.6 Å². The second-order valence-electron chi connectivity index (χ2n) is 10.4. The Balaban J connectivity index is 1.47. The van der Waals surface area contributed by atoms with Gasteiger partial charge in [0.2, 0.25) is 11.9 Å². The van der Waals surface area contributed by atoms with Crippen molar-refractivity contribution in [2.45, 2.75) is 38.3 Å². The van der Waals surface area contributed by atoms with Gasteiger partial charge in [-0.25, -0.2) is 9.97 Å². The first-order chi connectivity index (χ1) is 19.0. The summed E-state index contributed by atoms with van der Waals surface area (Å²) in [5, 5.41) is 3.40. The van der Waals surface area contributed by atoms with Gasteiger partial charge in [0.15, 0.2) is 0 Å². The Morgan fingerprint density at radius 1 is 0.975 bits per heavy atom. The van der Waals surface area contributed by atoms with E-state index in [1.54, 1.807) is 18.7 Å². The lowest BCUT2D eigenvalue weighted by molar-refractivity contribution is -0.137. The molecule has 212 valence electrons. The highest BCUT2D eigenvalue weighted by atomic mass is 19.4. The molecule has 3 aromatic rings. The van der Waals surface area contributed by atoms with Crippen LogP contribution in [0.5, 0.6) is 0 Å². The van der Waals surface area contributed by atoms with Crippen molar-refractivity contribution in [1.82, 2.24) is 15.0 Å². The number of carbonyl (C=O) groups excluding carboxylic acids is 1. The number of aromatic nitrogens is 3. The highest BCUT2D eigenvalue weighted by Crippen LogP contribution is 2.36. The van der Waals surface area contributed by atoms with E-state index in [2.05, 4.69) is 15.2 Å². The summed E-state index contributed by atoms with van der Waals surface area (Å²) in [4.78, 5) is 29.4. The lowest BCUT2D eigenvalue weighted by atomic mass is 9.84. The van der Waals surface area contributed by atoms with E-state index in [1.165, 1.54) is 12.3 Å². The zero-order valence-electron chi connectivity index (χ0n) is 22.5. The van der Waals surface area contributed by atoms with Crippen LogP contribution in [0.25, 0.3) is 0 Å². The maximum Gasteiger partial charge on any atom is 0.419 e. The second-order valence-corrected chi connectivity index (χ2v) is 10.4. The summed E-state index contributed by atoms with van der Waals surface area (Å²) in [5.74, 6) is 0.660. The third-order valence-electron chi connectivity index (χ3n) is 7.50. The number of amides is 1. The number of nitrogens with zero attached hydrogens (tertiary/aromatic N) is 5. The fraction of sp³-hybridized carbons (Fsp3) is 0.429. The fourth-order valence-electron chi connectivity index (χ4n) is 4.93. The molecule has 0 atom stereocenters. The number of alkyl halides is 3. The van der Waals surface area contributed by atoms with Crippen LogP contribution in [-0.2, 0) is 34.0 Å². The molecule has 12 heteroatoms. The number of benzene rings is 1. The molecular formula is C28H32F3N7O2. The van der Waals surface area contributed by atoms with Crippen LogP contribution in [0.3, 0.4) is 0 Å². The largest absolute Gasteiger partial charge is 0.419 e. The zero-order valence-corrected chi connectivity index (χ0v) is 22.5. The minimum atomic E-state index is -4.51. The lowest BCUT2D eigenvalue weighted by Gasteiger charge is -2.28. The van der Waals surface area contributed by atoms with Crippen molar-refractivity contribution in [1.29, 1.82) is 0 Å². The monoisotopic (exact) mass is 555 g/mol. The molecule has 1 aromatic carbocycles. The van der Waals surface area contributed by atoms with Crippen molar-refractivity contribution in [2.75, 3.05) is 54.5 Å². The number of nitrogens with one attached hydrogen (secondary N) is 1. The Kier molecular flexibility index (Phi) is 7.54. The third kappa shape index (κ3) is 5.67. The summed E-state index contributed by atoms with van der Waals surface area (Å²) in [7, 11) is 0. The van der Waals surface area contributed by atoms with Crippen molar-refractivity contribution >= 4 is 29.2 Å². The van der Waals surface area contributed by atoms with Gasteiger partial charge in [-0.3, -0.25) is 4.79 Å². The predicted octanol–water partition coefficient (Wildman–Crippen LogP) is 3.84. The molecule has 2 aliphatic heterocycles. The first-order valence-corrected chi connectivity index (χ1v) is 13.2. The van der Waals surface area contributed by atoms with Crippen LogP contribution in [0.2, 0.25) is 0 Å². The van der Waals surface area contributed by atoms with Gasteiger partial charge in [-0.15, -0.1) is 0 Å². The zero-order chi connectivity index (χ0) is 28.5. The Hall–Kier alpha value is -3.93. The van der Waals surface area contributed by atoms with E-state index in [0.29, 0.717) is 64.0 Å². The van der Waals surface area contributed by atoms with Crippen LogP contribution in [0.1, 0.15) is 36.2 Å². The van der Waals surface area contributed by atoms with Gasteiger partial charge >= 0.3 is 6.18 Å². The average molecular weight is 556 g/mol. The molecule has 1 amide bonds. The van der Waals surface area contributed by atoms with Gasteiger partial charge in [-0.1, -0.05) is 12.1 Å². The third-order valence-corrected chi connectivity index (χ3v) is 7.50. The van der Waals surface area contributed by atoms with E-state index in [1.807, 2.05) is 24.3 Å². The van der Waals surface area contributed by atoms with Crippen LogP contribution >= 0.6 is 0 Å². The molecule has 0 saturated carbocycles. The molecule has 0 bridgehead atoms. The van der Waals surface area contributed by atoms with Gasteiger partial charge in [-0.2, -0.15) is 18.2 Å². The fourth-order valence-corrected chi connectivity index (χ4v) is 4.93. The molecule has 0 spiro atoms. The highest BCUT2D eigenvalue weighted by molar-refractivity contribution is 5.85. The summed E-state index contributed by atoms with van der Waals surface area (Å²) in [6, 6.07) is 9.77. The Morgan fingerprint density at radius 2 is 1.68 bits per heavy atom. The van der Waals surface area contributed by atoms with E-state index in [4.69, 9.17) is 20.4 Å². The van der Waals surface area contributed by atoms with Crippen molar-refractivity contribution < 1.29 is 22.7 Å². The van der Waals surface area contributed by atoms with Crippen LogP contribution in [0.4, 0.5) is 36.4 Å². The molecule has 1 saturated heterocycles. The molecule has 2 aromatic heterocycles. The Bertz CT molecular complexity index is 1370. The normalized spacial score (nSPS) is 16.3. The first kappa shape index (κ1) is 27.6. The van der Waals surface area contributed by atoms with E-state index in [-0.39, 0.29) is 5.82 Å². The summed E-state index contributed by atoms with van der Waals surface area (Å²) in [6.45, 7) is 6.62. The highest BCUT2D eigenvalue weighted by Gasteiger charge is 2.36. The summed E-state index contributed by atoms with van der Waals surface area (Å²) in [5.41, 5.74) is 7.18. The molecule has 0 unspecified atom stereocenters. The van der Waals surface area contributed by atoms with Crippen molar-refractivity contribution in [2.24, 2.45) is 5.73 Å². The molecule has 0 aliphatic carbocycles. The number of fused-ring (bicyclic) bond motifs is 1. The van der Waals surface area contributed by atoms with E-state index >= 15 is 0 Å². The van der Waals surface area contributed by atoms with Gasteiger partial charge < -0.3 is 25.6 Å². The van der Waals surface area contributed by atoms with Crippen LogP contribution in [-0.4, -0.2) is 60.3 Å². The number of morpholine rings is 1. The minimum Gasteiger partial charge on any atom is -0.378 e. The Labute approximate surface area is 230 Å². The first-order valence-electron chi connectivity index (χ1n) is 13.2. The summed E-state index contributed by atoms with van der Waals surface area (Å²) in [6.07, 6.45) is -2.26. The minimum absolute atomic E-state index is 0.0775. The molecule has 2 aliphatic rings. The maximum atomic E-state index is 13.7. The molecule has 5 rings (SSSR count). The number of ether oxygens (including phenoxy) is 1. The van der Waals surface area contributed by atoms with Crippen LogP contribution in [0, 0.1) is 0 Å². The predicted molar refractivity (Wildman–Crippen MR) is 146 cm³/mol. The van der Waals surface area contributed by atoms with Gasteiger partial charge in [0.25, 0.3) is 0 Å². The van der Waals surface area contributed by atoms with Gasteiger partial charge in [0, 0.05) is 50.0 Å². The SMILES string of the molecule is CC(C)(C(N)=O)c1ccc(Nc2nc(N3CCOCC3)nc3c2CCN(c2ncccc2C(F)(F)F)CC3)cc1. The Morgan fingerprint density at radius 3 is 2.35 bits per heavy atom. The molecule has 9 nitrogen and oxygen atoms in total. The summed E-state index contributed by atoms with van der Waals surface area (Å²) >= 11 is 0. The number of primary amides is 1. The number of anilines is 4. The van der Waals surface area contributed by atoms with Crippen molar-refractivity contribution in [3.8, 4) is 0 Å². The van der Waals surface area contributed by atoms with Gasteiger partial charge in [-0.05, 0) is 50.1 Å². The molecule has 4 heterocycles. The standard InChI is InChI=1S/C28H32F3N7O2/c1-27(2,25(32)39)18-5-7-19(8-6-18)34-23-20-9-12-37(24-21(28(29,30)31)4-3-11-33-24)13-10-22(20)35-26(36-23)38-14-16-40-17-15-38/h3-8,11H,9-10,12-17H2,1-2H3,(H2,32,39)(H,34,35,36). The quantitative estimate of drug-likeness (QED) is 0.472. The molecular weight excluding hydrogens is 523 g/mol. The van der Waals surface area contributed by atoms with Crippen molar-refractivity contribution in [3.63, 3.8) is 0 Å². The number of halogens is 3. The number of hydrogen-bond acceptors (Lipinski definition) is 8. The van der Waals surface area contributed by atoms with E-state index in [0.717, 1.165) is 28.6 Å². The van der Waals surface area contributed by atoms with Crippen molar-refractivity contribution in [3.05, 3.63) is 65.0 Å². The number of hydrogen-bond donors (Lipinski definition) is 2. The molecule has 1 fully saturated rings. The van der Waals surface area contributed by atoms with E-state index < -0.39 is 23.1 Å². The molecule has 3 N–H and O–H groups in total. The van der Waals surface area contributed by atoms with Crippen LogP contribution < -0.4 is 20.9 Å². The summed E-state index contributed by atoms with van der Waals surface area (Å²) < 4.78 is 46.7. The number of pyridine rings is 1. The van der Waals surface area contributed by atoms with E-state index in [9.17, 15) is 18.0 Å². The van der Waals surface area contributed by atoms with Gasteiger partial charge in [0.1, 0.15) is 11.6 Å². The second kappa shape index (κ2) is 10.9. The molecule has 0 radical (unpaired) electrons. The van der Waals surface area contributed by atoms with Gasteiger partial charge in [0.05, 0.1) is 29.9 Å². The number of carbonyl (C=O) groups is 1.